The molecule has 1 aliphatic rings. The van der Waals surface area contributed by atoms with Gasteiger partial charge >= 0.3 is 0 Å². The lowest BCUT2D eigenvalue weighted by Gasteiger charge is -2.17. The Bertz CT molecular complexity index is 3150. The van der Waals surface area contributed by atoms with Crippen molar-refractivity contribution < 1.29 is 0 Å². The Morgan fingerprint density at radius 3 is 1.84 bits per heavy atom. The number of hydrogen-bond donors (Lipinski definition) is 0. The monoisotopic (exact) mass is 717 g/mol. The van der Waals surface area contributed by atoms with Crippen LogP contribution in [0.2, 0.25) is 0 Å². The van der Waals surface area contributed by atoms with Crippen LogP contribution in [0.4, 0.5) is 0 Å². The molecule has 1 aliphatic carbocycles. The molecule has 10 aromatic rings. The topological polar surface area (TPSA) is 48.5 Å². The van der Waals surface area contributed by atoms with Crippen LogP contribution in [0.1, 0.15) is 23.5 Å². The summed E-state index contributed by atoms with van der Waals surface area (Å²) in [6.07, 6.45) is 7.88. The Kier molecular flexibility index (Phi) is 7.56. The lowest BCUT2D eigenvalue weighted by molar-refractivity contribution is 0.856. The summed E-state index contributed by atoms with van der Waals surface area (Å²) in [5.74, 6) is 2.21. The van der Waals surface area contributed by atoms with E-state index in [0.29, 0.717) is 23.5 Å². The minimum absolute atomic E-state index is 0.377. The lowest BCUT2D eigenvalue weighted by atomic mass is 9.88. The fraction of sp³-hybridized carbons (Fsp3) is 0.0392. The predicted octanol–water partition coefficient (Wildman–Crippen LogP) is 12.5. The van der Waals surface area contributed by atoms with E-state index in [1.54, 1.807) is 0 Å². The summed E-state index contributed by atoms with van der Waals surface area (Å²) < 4.78 is 4.62. The van der Waals surface area contributed by atoms with E-state index in [1.165, 1.54) is 16.5 Å². The van der Waals surface area contributed by atoms with Crippen LogP contribution >= 0.6 is 0 Å². The molecule has 264 valence electrons. The van der Waals surface area contributed by atoms with Gasteiger partial charge < -0.3 is 4.57 Å². The molecular weight excluding hydrogens is 683 g/mol. The molecule has 0 amide bonds. The maximum Gasteiger partial charge on any atom is 0.238 e. The molecule has 0 aliphatic heterocycles. The van der Waals surface area contributed by atoms with Gasteiger partial charge in [-0.2, -0.15) is 9.97 Å². The van der Waals surface area contributed by atoms with Gasteiger partial charge in [-0.1, -0.05) is 158 Å². The van der Waals surface area contributed by atoms with Crippen molar-refractivity contribution in [3.63, 3.8) is 0 Å². The van der Waals surface area contributed by atoms with Crippen molar-refractivity contribution in [3.05, 3.63) is 205 Å². The second-order valence-corrected chi connectivity index (χ2v) is 14.4. The second-order valence-electron chi connectivity index (χ2n) is 14.4. The molecule has 0 saturated carbocycles. The molecule has 3 heterocycles. The highest BCUT2D eigenvalue weighted by molar-refractivity contribution is 6.26. The molecule has 1 unspecified atom stereocenters. The molecule has 5 nitrogen and oxygen atoms in total. The molecule has 5 heteroatoms. The lowest BCUT2D eigenvalue weighted by Crippen LogP contribution is -2.06. The molecule has 7 aromatic carbocycles. The Morgan fingerprint density at radius 2 is 1.09 bits per heavy atom. The first-order valence-electron chi connectivity index (χ1n) is 19.2. The smallest absolute Gasteiger partial charge is 0.238 e. The van der Waals surface area contributed by atoms with Crippen molar-refractivity contribution in [3.8, 4) is 34.4 Å². The van der Waals surface area contributed by atoms with Crippen LogP contribution in [0, 0.1) is 0 Å². The van der Waals surface area contributed by atoms with Gasteiger partial charge in [-0.3, -0.25) is 4.57 Å². The summed E-state index contributed by atoms with van der Waals surface area (Å²) in [5.41, 5.74) is 11.1. The van der Waals surface area contributed by atoms with Gasteiger partial charge in [0.2, 0.25) is 5.95 Å². The Morgan fingerprint density at radius 1 is 0.464 bits per heavy atom. The van der Waals surface area contributed by atoms with E-state index in [-0.39, 0.29) is 0 Å². The van der Waals surface area contributed by atoms with Gasteiger partial charge in [-0.15, -0.1) is 0 Å². The zero-order valence-electron chi connectivity index (χ0n) is 30.5. The van der Waals surface area contributed by atoms with E-state index in [9.17, 15) is 0 Å². The number of allylic oxidation sites excluding steroid dienone is 4. The maximum atomic E-state index is 5.36. The third-order valence-corrected chi connectivity index (χ3v) is 11.1. The van der Waals surface area contributed by atoms with Crippen molar-refractivity contribution in [1.82, 2.24) is 24.1 Å². The highest BCUT2D eigenvalue weighted by Gasteiger charge is 2.23. The first-order valence-corrected chi connectivity index (χ1v) is 19.2. The second kappa shape index (κ2) is 13.2. The van der Waals surface area contributed by atoms with Crippen molar-refractivity contribution >= 4 is 49.2 Å². The van der Waals surface area contributed by atoms with Gasteiger partial charge in [0, 0.05) is 44.3 Å². The largest absolute Gasteiger partial charge is 0.309 e. The van der Waals surface area contributed by atoms with Crippen LogP contribution in [0.3, 0.4) is 0 Å². The molecule has 0 fully saturated rings. The van der Waals surface area contributed by atoms with Crippen molar-refractivity contribution in [2.75, 3.05) is 0 Å². The van der Waals surface area contributed by atoms with E-state index in [0.717, 1.165) is 67.0 Å². The summed E-state index contributed by atoms with van der Waals surface area (Å²) >= 11 is 0. The van der Waals surface area contributed by atoms with Crippen LogP contribution in [-0.4, -0.2) is 24.1 Å². The zero-order chi connectivity index (χ0) is 37.0. The van der Waals surface area contributed by atoms with Crippen LogP contribution in [0.15, 0.2) is 194 Å². The third-order valence-electron chi connectivity index (χ3n) is 11.1. The highest BCUT2D eigenvalue weighted by atomic mass is 15.2. The summed E-state index contributed by atoms with van der Waals surface area (Å²) in [4.78, 5) is 15.8. The first kappa shape index (κ1) is 32.1. The summed E-state index contributed by atoms with van der Waals surface area (Å²) in [7, 11) is 0. The van der Waals surface area contributed by atoms with Crippen LogP contribution < -0.4 is 0 Å². The molecular formula is C51H35N5. The zero-order valence-corrected chi connectivity index (χ0v) is 30.5. The quantitative estimate of drug-likeness (QED) is 0.172. The number of para-hydroxylation sites is 3. The Hall–Kier alpha value is -7.37. The van der Waals surface area contributed by atoms with Crippen LogP contribution in [0.25, 0.3) is 83.6 Å². The number of nitrogens with zero attached hydrogens (tertiary/aromatic N) is 5. The van der Waals surface area contributed by atoms with E-state index in [2.05, 4.69) is 185 Å². The predicted molar refractivity (Wildman–Crippen MR) is 230 cm³/mol. The molecule has 0 N–H and O–H groups in total. The van der Waals surface area contributed by atoms with E-state index in [4.69, 9.17) is 15.0 Å². The SMILES string of the molecule is C1=CC(c2ccccc2)CC=C1c1cccc(-c2nc(-c3ccccc3)nc(-n3c4ccccc4c4ccc5c(c6ccccc6n5-c5ccccc5)c43)n2)c1. The number of benzene rings is 7. The Balaban J connectivity index is 1.14. The standard InChI is InChI=1S/C51H35N5/c1-4-15-34(16-5-1)35-27-29-36(30-28-35)38-19-14-20-39(33-38)50-52-49(37-17-6-2-7-18-37)53-51(54-50)56-44-25-12-10-23-41(44)42-31-32-46-47(48(42)56)43-24-11-13-26-45(43)55(46)40-21-8-3-9-22-40/h1-27,29-33,35H,28H2. The van der Waals surface area contributed by atoms with Crippen molar-refractivity contribution in [1.29, 1.82) is 0 Å². The number of hydrogen-bond acceptors (Lipinski definition) is 3. The van der Waals surface area contributed by atoms with Gasteiger partial charge in [-0.05, 0) is 59.5 Å². The van der Waals surface area contributed by atoms with E-state index >= 15 is 0 Å². The molecule has 0 saturated heterocycles. The van der Waals surface area contributed by atoms with Gasteiger partial charge in [0.25, 0.3) is 0 Å². The molecule has 0 bridgehead atoms. The van der Waals surface area contributed by atoms with Gasteiger partial charge in [0.15, 0.2) is 11.6 Å². The van der Waals surface area contributed by atoms with Gasteiger partial charge in [-0.25, -0.2) is 4.98 Å². The Labute approximate surface area is 324 Å². The normalized spacial score (nSPS) is 14.2. The van der Waals surface area contributed by atoms with Crippen LogP contribution in [-0.2, 0) is 0 Å². The summed E-state index contributed by atoms with van der Waals surface area (Å²) in [6.45, 7) is 0. The van der Waals surface area contributed by atoms with Crippen molar-refractivity contribution in [2.45, 2.75) is 12.3 Å². The molecule has 3 aromatic heterocycles. The summed E-state index contributed by atoms with van der Waals surface area (Å²) in [6, 6.07) is 61.9. The minimum Gasteiger partial charge on any atom is -0.309 e. The van der Waals surface area contributed by atoms with Gasteiger partial charge in [0.1, 0.15) is 0 Å². The van der Waals surface area contributed by atoms with Crippen LogP contribution in [0.5, 0.6) is 0 Å². The van der Waals surface area contributed by atoms with E-state index < -0.39 is 0 Å². The molecule has 0 radical (unpaired) electrons. The number of rotatable bonds is 6. The minimum atomic E-state index is 0.377. The average Bonchev–Trinajstić information content (AvgIpc) is 3.80. The highest BCUT2D eigenvalue weighted by Crippen LogP contribution is 2.42. The van der Waals surface area contributed by atoms with Gasteiger partial charge in [0.05, 0.1) is 22.1 Å². The fourth-order valence-electron chi connectivity index (χ4n) is 8.50. The molecule has 56 heavy (non-hydrogen) atoms. The fourth-order valence-corrected chi connectivity index (χ4v) is 8.50. The maximum absolute atomic E-state index is 5.36. The third kappa shape index (κ3) is 5.28. The summed E-state index contributed by atoms with van der Waals surface area (Å²) in [5, 5.41) is 4.64. The molecule has 0 spiro atoms. The molecule has 1 atom stereocenters. The molecule has 11 rings (SSSR count). The number of fused-ring (bicyclic) bond motifs is 7. The van der Waals surface area contributed by atoms with E-state index in [1.807, 2.05) is 18.2 Å². The number of aromatic nitrogens is 5. The average molecular weight is 718 g/mol. The first-order chi connectivity index (χ1) is 27.8. The van der Waals surface area contributed by atoms with Crippen molar-refractivity contribution in [2.24, 2.45) is 0 Å².